The number of likely N-dealkylation sites (tertiary alicyclic amines) is 1. The molecule has 0 bridgehead atoms. The quantitative estimate of drug-likeness (QED) is 0.623. The third-order valence-electron chi connectivity index (χ3n) is 4.70. The number of rotatable bonds is 5. The number of carbonyl (C=O) groups is 3. The summed E-state index contributed by atoms with van der Waals surface area (Å²) in [7, 11) is 0. The fourth-order valence-electron chi connectivity index (χ4n) is 3.48. The van der Waals surface area contributed by atoms with Crippen LogP contribution in [0.4, 0.5) is 9.59 Å². The monoisotopic (exact) mass is 450 g/mol. The van der Waals surface area contributed by atoms with Crippen LogP contribution in [0.2, 0.25) is 0 Å². The molecular weight excluding hydrogens is 416 g/mol. The molecule has 3 atom stereocenters. The summed E-state index contributed by atoms with van der Waals surface area (Å²) < 4.78 is 10.7. The number of amides is 2. The van der Waals surface area contributed by atoms with Gasteiger partial charge >= 0.3 is 18.2 Å². The Balaban J connectivity index is 2.20. The molecule has 3 N–H and O–H groups in total. The molecule has 2 amide bonds. The molecular formula is C23H34N2O7. The molecule has 32 heavy (non-hydrogen) atoms. The lowest BCUT2D eigenvalue weighted by Gasteiger charge is -2.29. The highest BCUT2D eigenvalue weighted by molar-refractivity contribution is 5.72. The number of alkyl carbamates (subject to hydrolysis) is 1. The first kappa shape index (κ1) is 25.5. The lowest BCUT2D eigenvalue weighted by molar-refractivity contribution is -0.137. The maximum Gasteiger partial charge on any atom is 0.410 e. The third-order valence-corrected chi connectivity index (χ3v) is 4.70. The molecule has 9 nitrogen and oxygen atoms in total. The maximum absolute atomic E-state index is 12.6. The van der Waals surface area contributed by atoms with E-state index in [2.05, 4.69) is 5.32 Å². The van der Waals surface area contributed by atoms with E-state index in [-0.39, 0.29) is 19.0 Å². The Morgan fingerprint density at radius 3 is 2.12 bits per heavy atom. The normalized spacial score (nSPS) is 19.9. The first-order valence-corrected chi connectivity index (χ1v) is 10.6. The Kier molecular flexibility index (Phi) is 7.77. The van der Waals surface area contributed by atoms with Crippen molar-refractivity contribution in [1.82, 2.24) is 10.2 Å². The van der Waals surface area contributed by atoms with Gasteiger partial charge in [-0.1, -0.05) is 24.3 Å². The van der Waals surface area contributed by atoms with Gasteiger partial charge in [-0.15, -0.1) is 0 Å². The molecule has 9 heteroatoms. The lowest BCUT2D eigenvalue weighted by Crippen LogP contribution is -2.37. The number of carboxylic acids is 1. The molecule has 2 rings (SSSR count). The Hall–Kier alpha value is -2.81. The average molecular weight is 451 g/mol. The van der Waals surface area contributed by atoms with Gasteiger partial charge in [-0.25, -0.2) is 9.59 Å². The molecule has 0 saturated carbocycles. The second-order valence-electron chi connectivity index (χ2n) is 10.0. The van der Waals surface area contributed by atoms with Crippen LogP contribution in [0.5, 0.6) is 0 Å². The maximum atomic E-state index is 12.6. The lowest BCUT2D eigenvalue weighted by atomic mass is 9.98. The number of ether oxygens (including phenoxy) is 2. The first-order valence-electron chi connectivity index (χ1n) is 10.6. The van der Waals surface area contributed by atoms with Gasteiger partial charge in [0.05, 0.1) is 31.2 Å². The van der Waals surface area contributed by atoms with E-state index in [1.807, 2.05) is 0 Å². The Bertz CT molecular complexity index is 824. The van der Waals surface area contributed by atoms with Gasteiger partial charge < -0.3 is 25.0 Å². The van der Waals surface area contributed by atoms with Crippen LogP contribution < -0.4 is 5.32 Å². The van der Waals surface area contributed by atoms with Gasteiger partial charge in [0.2, 0.25) is 0 Å². The molecule has 178 valence electrons. The minimum absolute atomic E-state index is 0.170. The molecule has 0 radical (unpaired) electrons. The predicted molar refractivity (Wildman–Crippen MR) is 117 cm³/mol. The summed E-state index contributed by atoms with van der Waals surface area (Å²) in [5.74, 6) is -1.06. The molecule has 1 saturated heterocycles. The molecule has 1 aliphatic rings. The zero-order valence-electron chi connectivity index (χ0n) is 19.5. The Labute approximate surface area is 188 Å². The summed E-state index contributed by atoms with van der Waals surface area (Å²) in [4.78, 5) is 37.6. The molecule has 1 aromatic carbocycles. The van der Waals surface area contributed by atoms with Crippen molar-refractivity contribution in [3.05, 3.63) is 35.4 Å². The van der Waals surface area contributed by atoms with Gasteiger partial charge in [0.25, 0.3) is 0 Å². The van der Waals surface area contributed by atoms with E-state index in [4.69, 9.17) is 9.47 Å². The van der Waals surface area contributed by atoms with E-state index in [1.165, 1.54) is 4.90 Å². The summed E-state index contributed by atoms with van der Waals surface area (Å²) in [5.41, 5.74) is -0.00101. The van der Waals surface area contributed by atoms with Crippen LogP contribution in [0.1, 0.15) is 77.6 Å². The zero-order valence-corrected chi connectivity index (χ0v) is 19.5. The van der Waals surface area contributed by atoms with Crippen LogP contribution in [-0.4, -0.2) is 57.1 Å². The largest absolute Gasteiger partial charge is 0.481 e. The van der Waals surface area contributed by atoms with Gasteiger partial charge in [0, 0.05) is 0 Å². The van der Waals surface area contributed by atoms with Crippen LogP contribution in [-0.2, 0) is 14.3 Å². The third kappa shape index (κ3) is 7.71. The highest BCUT2D eigenvalue weighted by Gasteiger charge is 2.37. The first-order chi connectivity index (χ1) is 14.6. The van der Waals surface area contributed by atoms with Crippen molar-refractivity contribution in [3.63, 3.8) is 0 Å². The van der Waals surface area contributed by atoms with Crippen LogP contribution in [0.3, 0.4) is 0 Å². The molecule has 0 spiro atoms. The molecule has 1 unspecified atom stereocenters. The Morgan fingerprint density at radius 1 is 1.06 bits per heavy atom. The summed E-state index contributed by atoms with van der Waals surface area (Å²) >= 11 is 0. The average Bonchev–Trinajstić information content (AvgIpc) is 3.00. The standard InChI is InChI=1S/C23H34N2O7/c1-22(2,3)31-20(29)24-17(12-19(27)28)14-7-9-15(10-8-14)18-11-16(26)13-25(18)21(30)32-23(4,5)6/h7-10,16-18,26H,11-13H2,1-6H3,(H,24,29)(H,27,28)/t16-,17?,18-/m1/s1. The smallest absolute Gasteiger partial charge is 0.410 e. The number of aliphatic carboxylic acids is 1. The van der Waals surface area contributed by atoms with Gasteiger partial charge in [0.15, 0.2) is 0 Å². The molecule has 0 aliphatic carbocycles. The van der Waals surface area contributed by atoms with Crippen molar-refractivity contribution in [2.45, 2.75) is 83.8 Å². The molecule has 1 heterocycles. The highest BCUT2D eigenvalue weighted by atomic mass is 16.6. The Morgan fingerprint density at radius 2 is 1.62 bits per heavy atom. The van der Waals surface area contributed by atoms with Gasteiger partial charge in [-0.3, -0.25) is 9.69 Å². The molecule has 1 aromatic rings. The summed E-state index contributed by atoms with van der Waals surface area (Å²) in [6.07, 6.45) is -1.82. The summed E-state index contributed by atoms with van der Waals surface area (Å²) in [5, 5.41) is 22.0. The predicted octanol–water partition coefficient (Wildman–Crippen LogP) is 3.77. The van der Waals surface area contributed by atoms with E-state index in [0.29, 0.717) is 12.0 Å². The molecule has 1 fully saturated rings. The van der Waals surface area contributed by atoms with Crippen LogP contribution >= 0.6 is 0 Å². The molecule has 0 aromatic heterocycles. The van der Waals surface area contributed by atoms with Gasteiger partial charge in [-0.05, 0) is 59.1 Å². The van der Waals surface area contributed by atoms with Crippen LogP contribution in [0, 0.1) is 0 Å². The number of hydrogen-bond acceptors (Lipinski definition) is 6. The van der Waals surface area contributed by atoms with E-state index < -0.39 is 41.5 Å². The number of nitrogens with zero attached hydrogens (tertiary/aromatic N) is 1. The van der Waals surface area contributed by atoms with Gasteiger partial charge in [0.1, 0.15) is 11.2 Å². The van der Waals surface area contributed by atoms with E-state index >= 15 is 0 Å². The topological polar surface area (TPSA) is 125 Å². The number of benzene rings is 1. The number of β-amino-alcohol motifs (C(OH)–C–C–N with tert-alkyl or cyclic N) is 1. The molecule has 1 aliphatic heterocycles. The fraction of sp³-hybridized carbons (Fsp3) is 0.609. The van der Waals surface area contributed by atoms with Crippen LogP contribution in [0.15, 0.2) is 24.3 Å². The van der Waals surface area contributed by atoms with E-state index in [0.717, 1.165) is 5.56 Å². The number of aliphatic hydroxyl groups is 1. The van der Waals surface area contributed by atoms with E-state index in [9.17, 15) is 24.6 Å². The number of hydrogen-bond donors (Lipinski definition) is 3. The van der Waals surface area contributed by atoms with Crippen molar-refractivity contribution in [1.29, 1.82) is 0 Å². The SMILES string of the molecule is CC(C)(C)OC(=O)NC(CC(=O)O)c1ccc([C@H]2C[C@@H](O)CN2C(=O)OC(C)(C)C)cc1. The summed E-state index contributed by atoms with van der Waals surface area (Å²) in [6, 6.07) is 5.79. The second kappa shape index (κ2) is 9.77. The number of carboxylic acid groups (broad SMARTS) is 1. The van der Waals surface area contributed by atoms with Crippen molar-refractivity contribution in [2.24, 2.45) is 0 Å². The van der Waals surface area contributed by atoms with Crippen molar-refractivity contribution >= 4 is 18.2 Å². The number of nitrogens with one attached hydrogen (secondary N) is 1. The highest BCUT2D eigenvalue weighted by Crippen LogP contribution is 2.34. The number of carbonyl (C=O) groups excluding carboxylic acids is 2. The summed E-state index contributed by atoms with van der Waals surface area (Å²) in [6.45, 7) is 10.7. The number of aliphatic hydroxyl groups excluding tert-OH is 1. The fourth-order valence-corrected chi connectivity index (χ4v) is 3.48. The van der Waals surface area contributed by atoms with Crippen molar-refractivity contribution in [3.8, 4) is 0 Å². The zero-order chi connectivity index (χ0) is 24.3. The van der Waals surface area contributed by atoms with E-state index in [1.54, 1.807) is 65.8 Å². The van der Waals surface area contributed by atoms with Crippen molar-refractivity contribution in [2.75, 3.05) is 6.54 Å². The van der Waals surface area contributed by atoms with Crippen molar-refractivity contribution < 1.29 is 34.1 Å². The minimum Gasteiger partial charge on any atom is -0.481 e. The minimum atomic E-state index is -1.06. The van der Waals surface area contributed by atoms with Crippen LogP contribution in [0.25, 0.3) is 0 Å². The second-order valence-corrected chi connectivity index (χ2v) is 10.0. The van der Waals surface area contributed by atoms with Gasteiger partial charge in [-0.2, -0.15) is 0 Å².